The van der Waals surface area contributed by atoms with Crippen LogP contribution in [0.1, 0.15) is 42.5 Å². The normalized spacial score (nSPS) is 9.74. The molecule has 0 aliphatic heterocycles. The van der Waals surface area contributed by atoms with Gasteiger partial charge in [-0.2, -0.15) is 0 Å². The summed E-state index contributed by atoms with van der Waals surface area (Å²) in [5.41, 5.74) is 7.91. The van der Waals surface area contributed by atoms with E-state index in [1.54, 1.807) is 7.05 Å². The minimum absolute atomic E-state index is 0. The first-order chi connectivity index (χ1) is 14.4. The van der Waals surface area contributed by atoms with Crippen LogP contribution in [0.15, 0.2) is 24.3 Å². The van der Waals surface area contributed by atoms with Gasteiger partial charge in [-0.15, -0.1) is 0 Å². The molecular weight excluding hydrogens is 523 g/mol. The quantitative estimate of drug-likeness (QED) is 0.263. The van der Waals surface area contributed by atoms with Gasteiger partial charge in [0.15, 0.2) is 0 Å². The first-order valence-corrected chi connectivity index (χ1v) is 9.86. The topological polar surface area (TPSA) is 136 Å². The van der Waals surface area contributed by atoms with Crippen LogP contribution in [0.2, 0.25) is 0 Å². The van der Waals surface area contributed by atoms with Gasteiger partial charge >= 0.3 is 0 Å². The van der Waals surface area contributed by atoms with Crippen LogP contribution >= 0.6 is 0 Å². The Hall–Kier alpha value is -1.84. The SMILES string of the molecule is CCc1nc(C(N)=O)c(Nc2cccc(CCNC=O)c2)nc1[N-]C.CNC(C)C.[Pr]. The summed E-state index contributed by atoms with van der Waals surface area (Å²) in [4.78, 5) is 30.7. The molecule has 2 aromatic rings. The molecule has 0 aliphatic carbocycles. The van der Waals surface area contributed by atoms with Crippen LogP contribution in [-0.4, -0.2) is 49.0 Å². The number of amides is 2. The van der Waals surface area contributed by atoms with Crippen molar-refractivity contribution in [3.05, 3.63) is 46.5 Å². The number of aryl methyl sites for hydroxylation is 1. The Kier molecular flexibility index (Phi) is 14.9. The number of nitrogens with one attached hydrogen (secondary N) is 3. The zero-order valence-electron chi connectivity index (χ0n) is 18.9. The zero-order valence-corrected chi connectivity index (χ0v) is 22.6. The van der Waals surface area contributed by atoms with Gasteiger partial charge in [-0.1, -0.05) is 40.0 Å². The van der Waals surface area contributed by atoms with Crippen molar-refractivity contribution in [3.8, 4) is 0 Å². The van der Waals surface area contributed by atoms with E-state index in [0.717, 1.165) is 11.3 Å². The number of nitrogens with zero attached hydrogens (tertiary/aromatic N) is 3. The number of hydrogen-bond donors (Lipinski definition) is 4. The van der Waals surface area contributed by atoms with Gasteiger partial charge in [-0.05, 0) is 43.4 Å². The van der Waals surface area contributed by atoms with Crippen LogP contribution in [0, 0.1) is 41.3 Å². The van der Waals surface area contributed by atoms with Crippen molar-refractivity contribution in [1.82, 2.24) is 20.6 Å². The van der Waals surface area contributed by atoms with Crippen molar-refractivity contribution in [1.29, 1.82) is 0 Å². The van der Waals surface area contributed by atoms with Crippen molar-refractivity contribution >= 4 is 29.6 Å². The van der Waals surface area contributed by atoms with Crippen molar-refractivity contribution in [2.75, 3.05) is 26.0 Å². The third kappa shape index (κ3) is 10.3. The summed E-state index contributed by atoms with van der Waals surface area (Å²) < 4.78 is 0. The van der Waals surface area contributed by atoms with Crippen LogP contribution in [0.25, 0.3) is 5.32 Å². The predicted molar refractivity (Wildman–Crippen MR) is 121 cm³/mol. The Morgan fingerprint density at radius 1 is 1.29 bits per heavy atom. The van der Waals surface area contributed by atoms with Gasteiger partial charge in [-0.3, -0.25) is 9.59 Å². The van der Waals surface area contributed by atoms with Crippen LogP contribution in [0.4, 0.5) is 17.3 Å². The van der Waals surface area contributed by atoms with Crippen molar-refractivity contribution in [2.24, 2.45) is 5.73 Å². The monoisotopic (exact) mass is 555 g/mol. The van der Waals surface area contributed by atoms with Gasteiger partial charge in [0.1, 0.15) is 5.69 Å². The number of carbonyl (C=O) groups excluding carboxylic acids is 2. The molecule has 0 aliphatic rings. The molecule has 0 atom stereocenters. The number of benzene rings is 1. The fourth-order valence-corrected chi connectivity index (χ4v) is 2.35. The summed E-state index contributed by atoms with van der Waals surface area (Å²) in [6.07, 6.45) is 1.95. The van der Waals surface area contributed by atoms with Gasteiger partial charge < -0.3 is 32.0 Å². The first-order valence-electron chi connectivity index (χ1n) is 9.86. The second-order valence-electron chi connectivity index (χ2n) is 6.72. The number of carbonyl (C=O) groups is 2. The first kappa shape index (κ1) is 29.2. The Morgan fingerprint density at radius 2 is 1.97 bits per heavy atom. The van der Waals surface area contributed by atoms with Crippen LogP contribution in [0.3, 0.4) is 0 Å². The Labute approximate surface area is 217 Å². The second kappa shape index (κ2) is 15.9. The number of aromatic nitrogens is 2. The molecule has 1 radical (unpaired) electrons. The van der Waals surface area contributed by atoms with E-state index in [2.05, 4.69) is 45.1 Å². The summed E-state index contributed by atoms with van der Waals surface area (Å²) >= 11 is 0. The molecule has 0 saturated carbocycles. The van der Waals surface area contributed by atoms with E-state index in [1.165, 1.54) is 0 Å². The Balaban J connectivity index is 0.00000135. The van der Waals surface area contributed by atoms with Gasteiger partial charge in [0, 0.05) is 65.3 Å². The average molecular weight is 555 g/mol. The molecule has 1 heterocycles. The number of primary amides is 1. The van der Waals surface area contributed by atoms with E-state index >= 15 is 0 Å². The van der Waals surface area contributed by atoms with E-state index in [4.69, 9.17) is 5.73 Å². The number of anilines is 2. The third-order valence-corrected chi connectivity index (χ3v) is 4.14. The molecule has 0 unspecified atom stereocenters. The minimum atomic E-state index is -0.654. The Morgan fingerprint density at radius 3 is 2.48 bits per heavy atom. The Bertz CT molecular complexity index is 831. The van der Waals surface area contributed by atoms with Gasteiger partial charge in [0.05, 0.1) is 5.82 Å². The number of rotatable bonds is 10. The summed E-state index contributed by atoms with van der Waals surface area (Å²) in [5, 5.41) is 12.8. The van der Waals surface area contributed by atoms with Crippen molar-refractivity contribution in [2.45, 2.75) is 39.7 Å². The molecule has 31 heavy (non-hydrogen) atoms. The minimum Gasteiger partial charge on any atom is -0.467 e. The van der Waals surface area contributed by atoms with Gasteiger partial charge in [0.25, 0.3) is 5.91 Å². The fraction of sp³-hybridized carbons (Fsp3) is 0.429. The molecule has 0 fully saturated rings. The molecule has 2 rings (SSSR count). The van der Waals surface area contributed by atoms with Crippen molar-refractivity contribution in [3.63, 3.8) is 0 Å². The largest absolute Gasteiger partial charge is 0.467 e. The van der Waals surface area contributed by atoms with Crippen LogP contribution in [-0.2, 0) is 17.6 Å². The summed E-state index contributed by atoms with van der Waals surface area (Å²) in [7, 11) is 3.57. The van der Waals surface area contributed by atoms with E-state index in [9.17, 15) is 9.59 Å². The van der Waals surface area contributed by atoms with E-state index in [-0.39, 0.29) is 52.8 Å². The summed E-state index contributed by atoms with van der Waals surface area (Å²) in [6.45, 7) is 6.68. The van der Waals surface area contributed by atoms with Gasteiger partial charge in [0.2, 0.25) is 6.41 Å². The smallest absolute Gasteiger partial charge is 0.269 e. The summed E-state index contributed by atoms with van der Waals surface area (Å²) in [5.74, 6) is 0.0912. The fourth-order valence-electron chi connectivity index (χ4n) is 2.35. The number of hydrogen-bond acceptors (Lipinski definition) is 6. The van der Waals surface area contributed by atoms with Crippen LogP contribution < -0.4 is 21.7 Å². The molecule has 9 nitrogen and oxygen atoms in total. The van der Waals surface area contributed by atoms with Crippen molar-refractivity contribution < 1.29 is 50.9 Å². The second-order valence-corrected chi connectivity index (χ2v) is 6.72. The van der Waals surface area contributed by atoms with E-state index in [0.29, 0.717) is 43.4 Å². The third-order valence-electron chi connectivity index (χ3n) is 4.14. The molecule has 1 aromatic carbocycles. The molecule has 5 N–H and O–H groups in total. The molecule has 0 bridgehead atoms. The van der Waals surface area contributed by atoms with Gasteiger partial charge in [-0.25, -0.2) is 4.98 Å². The molecular formula is C21H32N7O2Pr-. The number of nitrogens with two attached hydrogens (primary N) is 1. The maximum atomic E-state index is 11.7. The maximum Gasteiger partial charge on any atom is 0.269 e. The maximum absolute atomic E-state index is 11.7. The molecule has 10 heteroatoms. The predicted octanol–water partition coefficient (Wildman–Crippen LogP) is 2.42. The molecule has 0 saturated heterocycles. The molecule has 167 valence electrons. The zero-order chi connectivity index (χ0) is 22.5. The van der Waals surface area contributed by atoms with E-state index in [1.807, 2.05) is 38.2 Å². The summed E-state index contributed by atoms with van der Waals surface area (Å²) in [6, 6.07) is 8.22. The van der Waals surface area contributed by atoms with Crippen LogP contribution in [0.5, 0.6) is 0 Å². The molecule has 0 spiro atoms. The molecule has 1 aromatic heterocycles. The van der Waals surface area contributed by atoms with E-state index < -0.39 is 5.91 Å². The average Bonchev–Trinajstić information content (AvgIpc) is 2.74. The standard InChI is InChI=1S/C17H22N6O2.C4H11N.Pr/c1-3-13-16(19-2)23-17(14(22-13)15(18)25)21-12-6-4-5-11(9-12)7-8-20-10-24;1-4(2)5-3;/h4-6,9-10H,3,7-8H2,1-2H3,(H5,18,19,20,21,23,24,25);4-5H,1-3H3;/p-1. The molecule has 2 amide bonds.